The maximum Gasteiger partial charge on any atom is 0.119 e. The smallest absolute Gasteiger partial charge is 0.119 e. The molecule has 1 aromatic carbocycles. The van der Waals surface area contributed by atoms with Gasteiger partial charge in [-0.05, 0) is 38.1 Å². The van der Waals surface area contributed by atoms with E-state index in [2.05, 4.69) is 10.4 Å². The highest BCUT2D eigenvalue weighted by Gasteiger charge is 2.10. The minimum atomic E-state index is 0.0966. The van der Waals surface area contributed by atoms with E-state index in [1.807, 2.05) is 42.8 Å². The van der Waals surface area contributed by atoms with Gasteiger partial charge in [0.1, 0.15) is 12.4 Å². The van der Waals surface area contributed by atoms with Gasteiger partial charge >= 0.3 is 0 Å². The topological polar surface area (TPSA) is 68.5 Å². The summed E-state index contributed by atoms with van der Waals surface area (Å²) in [6.45, 7) is 6.47. The lowest BCUT2D eigenvalue weighted by Crippen LogP contribution is -2.07. The van der Waals surface area contributed by atoms with Crippen molar-refractivity contribution in [3.8, 4) is 5.75 Å². The van der Waals surface area contributed by atoms with Crippen LogP contribution >= 0.6 is 0 Å². The molecule has 0 unspecified atom stereocenters. The predicted octanol–water partition coefficient (Wildman–Crippen LogP) is 2.13. The summed E-state index contributed by atoms with van der Waals surface area (Å²) < 4.78 is 12.3. The van der Waals surface area contributed by atoms with Gasteiger partial charge in [-0.2, -0.15) is 5.10 Å². The fourth-order valence-electron chi connectivity index (χ4n) is 2.40. The first-order valence-corrected chi connectivity index (χ1v) is 7.75. The predicted molar refractivity (Wildman–Crippen MR) is 89.9 cm³/mol. The van der Waals surface area contributed by atoms with Crippen molar-refractivity contribution in [2.45, 2.75) is 26.9 Å². The number of aliphatic hydroxyl groups is 1. The van der Waals surface area contributed by atoms with Gasteiger partial charge in [0.15, 0.2) is 0 Å². The summed E-state index contributed by atoms with van der Waals surface area (Å²) in [6, 6.07) is 7.86. The van der Waals surface area contributed by atoms with Gasteiger partial charge in [-0.1, -0.05) is 0 Å². The third-order valence-electron chi connectivity index (χ3n) is 3.72. The fraction of sp³-hybridized carbons (Fsp3) is 0.471. The third kappa shape index (κ3) is 4.71. The molecule has 0 aliphatic heterocycles. The van der Waals surface area contributed by atoms with Crippen LogP contribution in [0.3, 0.4) is 0 Å². The van der Waals surface area contributed by atoms with Crippen molar-refractivity contribution < 1.29 is 14.6 Å². The quantitative estimate of drug-likeness (QED) is 0.693. The molecule has 0 atom stereocenters. The largest absolute Gasteiger partial charge is 0.491 e. The van der Waals surface area contributed by atoms with Crippen molar-refractivity contribution in [3.05, 3.63) is 41.2 Å². The zero-order valence-electron chi connectivity index (χ0n) is 14.0. The van der Waals surface area contributed by atoms with Crippen molar-refractivity contribution in [2.24, 2.45) is 0 Å². The van der Waals surface area contributed by atoms with E-state index in [9.17, 15) is 0 Å². The van der Waals surface area contributed by atoms with Crippen LogP contribution in [0, 0.1) is 13.8 Å². The first kappa shape index (κ1) is 17.3. The van der Waals surface area contributed by atoms with Gasteiger partial charge in [0.25, 0.3) is 0 Å². The second kappa shape index (κ2) is 8.55. The lowest BCUT2D eigenvalue weighted by molar-refractivity contribution is 0.146. The molecule has 0 bridgehead atoms. The second-order valence-corrected chi connectivity index (χ2v) is 5.32. The number of nitrogens with zero attached hydrogens (tertiary/aromatic N) is 2. The van der Waals surface area contributed by atoms with E-state index in [0.717, 1.165) is 22.8 Å². The van der Waals surface area contributed by atoms with Gasteiger partial charge in [-0.15, -0.1) is 0 Å². The summed E-state index contributed by atoms with van der Waals surface area (Å²) in [5.74, 6) is 0.829. The molecule has 0 aliphatic carbocycles. The molecule has 0 radical (unpaired) electrons. The zero-order valence-corrected chi connectivity index (χ0v) is 14.0. The molecule has 1 heterocycles. The van der Waals surface area contributed by atoms with Crippen LogP contribution < -0.4 is 10.1 Å². The van der Waals surface area contributed by atoms with Crippen LogP contribution in [0.1, 0.15) is 17.0 Å². The molecule has 0 spiro atoms. The summed E-state index contributed by atoms with van der Waals surface area (Å²) in [5.41, 5.74) is 4.27. The Morgan fingerprint density at radius 2 is 1.91 bits per heavy atom. The number of methoxy groups -OCH3 is 1. The SMILES string of the molecule is COCCOc1ccc(NCc2c(C)nn(CCO)c2C)cc1. The molecule has 0 aliphatic rings. The fourth-order valence-corrected chi connectivity index (χ4v) is 2.40. The lowest BCUT2D eigenvalue weighted by Gasteiger charge is -2.09. The van der Waals surface area contributed by atoms with E-state index in [1.165, 1.54) is 5.56 Å². The summed E-state index contributed by atoms with van der Waals surface area (Å²) in [7, 11) is 1.66. The van der Waals surface area contributed by atoms with Gasteiger partial charge in [-0.25, -0.2) is 0 Å². The highest BCUT2D eigenvalue weighted by molar-refractivity contribution is 5.47. The number of aromatic nitrogens is 2. The van der Waals surface area contributed by atoms with Gasteiger partial charge in [-0.3, -0.25) is 4.68 Å². The molecule has 6 heteroatoms. The Morgan fingerprint density at radius 3 is 2.57 bits per heavy atom. The number of aryl methyl sites for hydroxylation is 1. The summed E-state index contributed by atoms with van der Waals surface area (Å²) >= 11 is 0. The Kier molecular flexibility index (Phi) is 6.43. The molecule has 0 amide bonds. The minimum absolute atomic E-state index is 0.0966. The first-order chi connectivity index (χ1) is 11.2. The molecule has 23 heavy (non-hydrogen) atoms. The van der Waals surface area contributed by atoms with E-state index in [1.54, 1.807) is 7.11 Å². The molecule has 2 aromatic rings. The number of ether oxygens (including phenoxy) is 2. The van der Waals surface area contributed by atoms with Crippen LogP contribution in [0.15, 0.2) is 24.3 Å². The second-order valence-electron chi connectivity index (χ2n) is 5.32. The normalized spacial score (nSPS) is 10.8. The molecular weight excluding hydrogens is 294 g/mol. The third-order valence-corrected chi connectivity index (χ3v) is 3.72. The molecule has 1 aromatic heterocycles. The van der Waals surface area contributed by atoms with E-state index >= 15 is 0 Å². The number of benzene rings is 1. The number of rotatable bonds is 9. The molecule has 0 fully saturated rings. The molecule has 2 N–H and O–H groups in total. The Labute approximate surface area is 137 Å². The molecule has 6 nitrogen and oxygen atoms in total. The Hall–Kier alpha value is -2.05. The Balaban J connectivity index is 1.93. The molecule has 0 saturated carbocycles. The average Bonchev–Trinajstić information content (AvgIpc) is 2.81. The number of nitrogens with one attached hydrogen (secondary N) is 1. The van der Waals surface area contributed by atoms with E-state index in [0.29, 0.717) is 26.3 Å². The number of anilines is 1. The zero-order chi connectivity index (χ0) is 16.7. The van der Waals surface area contributed by atoms with Crippen molar-refractivity contribution >= 4 is 5.69 Å². The average molecular weight is 319 g/mol. The van der Waals surface area contributed by atoms with Crippen molar-refractivity contribution in [3.63, 3.8) is 0 Å². The summed E-state index contributed by atoms with van der Waals surface area (Å²) in [5, 5.41) is 16.9. The summed E-state index contributed by atoms with van der Waals surface area (Å²) in [6.07, 6.45) is 0. The standard InChI is InChI=1S/C17H25N3O3/c1-13-17(14(2)20(19-13)8-9-21)12-18-15-4-6-16(7-5-15)23-11-10-22-3/h4-7,18,21H,8-12H2,1-3H3. The van der Waals surface area contributed by atoms with Gasteiger partial charge in [0.05, 0.1) is 25.5 Å². The van der Waals surface area contributed by atoms with E-state index < -0.39 is 0 Å². The Bertz CT molecular complexity index is 608. The number of hydrogen-bond acceptors (Lipinski definition) is 5. The van der Waals surface area contributed by atoms with Crippen molar-refractivity contribution in [2.75, 3.05) is 32.2 Å². The molecule has 126 valence electrons. The first-order valence-electron chi connectivity index (χ1n) is 7.75. The number of aliphatic hydroxyl groups excluding tert-OH is 1. The maximum absolute atomic E-state index is 9.06. The maximum atomic E-state index is 9.06. The highest BCUT2D eigenvalue weighted by atomic mass is 16.5. The van der Waals surface area contributed by atoms with Crippen LogP contribution in [-0.2, 0) is 17.8 Å². The monoisotopic (exact) mass is 319 g/mol. The molecule has 0 saturated heterocycles. The highest BCUT2D eigenvalue weighted by Crippen LogP contribution is 2.18. The van der Waals surface area contributed by atoms with Crippen LogP contribution in [0.25, 0.3) is 0 Å². The van der Waals surface area contributed by atoms with Gasteiger partial charge < -0.3 is 19.9 Å². The Morgan fingerprint density at radius 1 is 1.17 bits per heavy atom. The van der Waals surface area contributed by atoms with Crippen LogP contribution in [0.4, 0.5) is 5.69 Å². The van der Waals surface area contributed by atoms with E-state index in [-0.39, 0.29) is 6.61 Å². The van der Waals surface area contributed by atoms with E-state index in [4.69, 9.17) is 14.6 Å². The van der Waals surface area contributed by atoms with Gasteiger partial charge in [0, 0.05) is 30.6 Å². The van der Waals surface area contributed by atoms with Crippen LogP contribution in [-0.4, -0.2) is 41.8 Å². The van der Waals surface area contributed by atoms with Gasteiger partial charge in [0.2, 0.25) is 0 Å². The summed E-state index contributed by atoms with van der Waals surface area (Å²) in [4.78, 5) is 0. The number of hydrogen-bond donors (Lipinski definition) is 2. The van der Waals surface area contributed by atoms with Crippen LogP contribution in [0.2, 0.25) is 0 Å². The minimum Gasteiger partial charge on any atom is -0.491 e. The van der Waals surface area contributed by atoms with Crippen molar-refractivity contribution in [1.29, 1.82) is 0 Å². The molecular formula is C17H25N3O3. The molecule has 2 rings (SSSR count). The lowest BCUT2D eigenvalue weighted by atomic mass is 10.2. The van der Waals surface area contributed by atoms with Crippen LogP contribution in [0.5, 0.6) is 5.75 Å². The van der Waals surface area contributed by atoms with Crippen molar-refractivity contribution in [1.82, 2.24) is 9.78 Å².